The van der Waals surface area contributed by atoms with Gasteiger partial charge in [0, 0.05) is 16.6 Å². The number of ether oxygens (including phenoxy) is 1. The SMILES string of the molecule is O=C1Nc2ccc(S(=O)(=O)Cc3ncn[nH]3)cc2CC1CCOc1ccc(Cl)cc1Cl. The lowest BCUT2D eigenvalue weighted by Gasteiger charge is -2.25. The number of nitrogens with zero attached hydrogens (tertiary/aromatic N) is 2. The summed E-state index contributed by atoms with van der Waals surface area (Å²) in [7, 11) is -3.61. The van der Waals surface area contributed by atoms with Crippen LogP contribution in [0.15, 0.2) is 47.6 Å². The summed E-state index contributed by atoms with van der Waals surface area (Å²) in [6.07, 6.45) is 2.11. The number of anilines is 1. The van der Waals surface area contributed by atoms with Crippen molar-refractivity contribution in [3.63, 3.8) is 0 Å². The molecule has 1 atom stereocenters. The molecule has 4 rings (SSSR count). The van der Waals surface area contributed by atoms with Gasteiger partial charge in [-0.25, -0.2) is 13.4 Å². The van der Waals surface area contributed by atoms with E-state index < -0.39 is 9.84 Å². The number of H-pyrrole nitrogens is 1. The molecule has 0 saturated carbocycles. The predicted molar refractivity (Wildman–Crippen MR) is 116 cm³/mol. The minimum atomic E-state index is -3.61. The molecule has 2 aromatic carbocycles. The fourth-order valence-electron chi connectivity index (χ4n) is 3.35. The standard InChI is InChI=1S/C20H18Cl2N4O4S/c21-14-1-4-18(16(22)9-14)30-6-5-12-7-13-8-15(2-3-17(13)25-20(12)27)31(28,29)10-19-23-11-24-26-19/h1-4,8-9,11-12H,5-7,10H2,(H,25,27)(H,23,24,26). The Morgan fingerprint density at radius 2 is 2.00 bits per heavy atom. The average molecular weight is 481 g/mol. The van der Waals surface area contributed by atoms with Crippen molar-refractivity contribution < 1.29 is 17.9 Å². The molecule has 2 heterocycles. The molecule has 8 nitrogen and oxygen atoms in total. The molecular formula is C20H18Cl2N4O4S. The maximum absolute atomic E-state index is 12.7. The van der Waals surface area contributed by atoms with E-state index in [1.54, 1.807) is 30.3 Å². The first-order chi connectivity index (χ1) is 14.8. The molecule has 1 aromatic heterocycles. The molecule has 1 unspecified atom stereocenters. The van der Waals surface area contributed by atoms with Crippen molar-refractivity contribution in [2.24, 2.45) is 5.92 Å². The number of fused-ring (bicyclic) bond motifs is 1. The number of rotatable bonds is 7. The van der Waals surface area contributed by atoms with Crippen LogP contribution < -0.4 is 10.1 Å². The Morgan fingerprint density at radius 1 is 1.16 bits per heavy atom. The molecule has 0 bridgehead atoms. The zero-order chi connectivity index (χ0) is 22.0. The second-order valence-electron chi connectivity index (χ2n) is 7.11. The van der Waals surface area contributed by atoms with Crippen molar-refractivity contribution in [2.45, 2.75) is 23.5 Å². The van der Waals surface area contributed by atoms with E-state index in [4.69, 9.17) is 27.9 Å². The highest BCUT2D eigenvalue weighted by Crippen LogP contribution is 2.31. The molecule has 0 radical (unpaired) electrons. The third kappa shape index (κ3) is 5.00. The zero-order valence-electron chi connectivity index (χ0n) is 16.1. The lowest BCUT2D eigenvalue weighted by Crippen LogP contribution is -2.31. The molecule has 0 aliphatic carbocycles. The van der Waals surface area contributed by atoms with E-state index in [9.17, 15) is 13.2 Å². The van der Waals surface area contributed by atoms with Crippen molar-refractivity contribution in [3.8, 4) is 5.75 Å². The number of carbonyl (C=O) groups excluding carboxylic acids is 1. The fourth-order valence-corrected chi connectivity index (χ4v) is 5.07. The minimum Gasteiger partial charge on any atom is -0.492 e. The van der Waals surface area contributed by atoms with Gasteiger partial charge in [-0.2, -0.15) is 5.10 Å². The van der Waals surface area contributed by atoms with Crippen molar-refractivity contribution in [1.82, 2.24) is 15.2 Å². The Morgan fingerprint density at radius 3 is 2.74 bits per heavy atom. The van der Waals surface area contributed by atoms with Crippen LogP contribution in [0, 0.1) is 5.92 Å². The van der Waals surface area contributed by atoms with Gasteiger partial charge in [-0.3, -0.25) is 9.89 Å². The highest BCUT2D eigenvalue weighted by molar-refractivity contribution is 7.90. The van der Waals surface area contributed by atoms with Crippen LogP contribution in [0.25, 0.3) is 0 Å². The molecule has 0 fully saturated rings. The van der Waals surface area contributed by atoms with Crippen LogP contribution in [-0.4, -0.2) is 36.1 Å². The lowest BCUT2D eigenvalue weighted by molar-refractivity contribution is -0.120. The summed E-state index contributed by atoms with van der Waals surface area (Å²) in [5, 5.41) is 9.97. The molecule has 1 aliphatic rings. The maximum atomic E-state index is 12.7. The summed E-state index contributed by atoms with van der Waals surface area (Å²) in [5.41, 5.74) is 1.37. The van der Waals surface area contributed by atoms with E-state index >= 15 is 0 Å². The van der Waals surface area contributed by atoms with Gasteiger partial charge < -0.3 is 10.1 Å². The van der Waals surface area contributed by atoms with Crippen LogP contribution >= 0.6 is 23.2 Å². The van der Waals surface area contributed by atoms with Gasteiger partial charge in [0.2, 0.25) is 5.91 Å². The van der Waals surface area contributed by atoms with Crippen LogP contribution in [0.4, 0.5) is 5.69 Å². The summed E-state index contributed by atoms with van der Waals surface area (Å²) in [6.45, 7) is 0.276. The first-order valence-electron chi connectivity index (χ1n) is 9.40. The molecule has 0 saturated heterocycles. The normalized spacial score (nSPS) is 15.9. The molecule has 0 spiro atoms. The smallest absolute Gasteiger partial charge is 0.227 e. The Balaban J connectivity index is 1.44. The number of carbonyl (C=O) groups is 1. The number of amides is 1. The average Bonchev–Trinajstić information content (AvgIpc) is 3.22. The van der Waals surface area contributed by atoms with E-state index in [1.165, 1.54) is 12.4 Å². The van der Waals surface area contributed by atoms with Crippen LogP contribution in [0.3, 0.4) is 0 Å². The van der Waals surface area contributed by atoms with Gasteiger partial charge in [-0.1, -0.05) is 23.2 Å². The van der Waals surface area contributed by atoms with Crippen LogP contribution in [0.1, 0.15) is 17.8 Å². The topological polar surface area (TPSA) is 114 Å². The molecule has 162 valence electrons. The Kier molecular flexibility index (Phi) is 6.17. The highest BCUT2D eigenvalue weighted by Gasteiger charge is 2.28. The summed E-state index contributed by atoms with van der Waals surface area (Å²) in [6, 6.07) is 9.63. The van der Waals surface area contributed by atoms with E-state index in [1.807, 2.05) is 0 Å². The third-order valence-corrected chi connectivity index (χ3v) is 7.10. The largest absolute Gasteiger partial charge is 0.492 e. The van der Waals surface area contributed by atoms with Crippen LogP contribution in [0.2, 0.25) is 10.0 Å². The summed E-state index contributed by atoms with van der Waals surface area (Å²) in [5.74, 6) is -0.0103. The number of aromatic amines is 1. The Labute approximate surface area is 188 Å². The number of halogens is 2. The number of sulfone groups is 1. The molecule has 1 amide bonds. The van der Waals surface area contributed by atoms with Gasteiger partial charge in [-0.05, 0) is 54.8 Å². The van der Waals surface area contributed by atoms with Crippen molar-refractivity contribution in [3.05, 3.63) is 64.2 Å². The summed E-state index contributed by atoms with van der Waals surface area (Å²) < 4.78 is 31.1. The first-order valence-corrected chi connectivity index (χ1v) is 11.8. The van der Waals surface area contributed by atoms with Gasteiger partial charge in [0.25, 0.3) is 0 Å². The Hall–Kier alpha value is -2.62. The molecule has 2 N–H and O–H groups in total. The monoisotopic (exact) mass is 480 g/mol. The van der Waals surface area contributed by atoms with Gasteiger partial charge >= 0.3 is 0 Å². The zero-order valence-corrected chi connectivity index (χ0v) is 18.5. The fraction of sp³-hybridized carbons (Fsp3) is 0.250. The number of aromatic nitrogens is 3. The van der Waals surface area contributed by atoms with Gasteiger partial charge in [0.15, 0.2) is 9.84 Å². The highest BCUT2D eigenvalue weighted by atomic mass is 35.5. The lowest BCUT2D eigenvalue weighted by atomic mass is 9.91. The molecular weight excluding hydrogens is 463 g/mol. The van der Waals surface area contributed by atoms with Crippen LogP contribution in [-0.2, 0) is 26.8 Å². The number of hydrogen-bond acceptors (Lipinski definition) is 6. The Bertz CT molecular complexity index is 1220. The molecule has 11 heteroatoms. The third-order valence-electron chi connectivity index (χ3n) is 4.94. The summed E-state index contributed by atoms with van der Waals surface area (Å²) in [4.78, 5) is 16.5. The van der Waals surface area contributed by atoms with Gasteiger partial charge in [0.05, 0.1) is 16.5 Å². The molecule has 3 aromatic rings. The quantitative estimate of drug-likeness (QED) is 0.533. The molecule has 31 heavy (non-hydrogen) atoms. The van der Waals surface area contributed by atoms with E-state index in [0.717, 1.165) is 5.56 Å². The summed E-state index contributed by atoms with van der Waals surface area (Å²) >= 11 is 12.0. The number of benzene rings is 2. The van der Waals surface area contributed by atoms with Crippen molar-refractivity contribution in [2.75, 3.05) is 11.9 Å². The van der Waals surface area contributed by atoms with E-state index in [0.29, 0.717) is 34.3 Å². The van der Waals surface area contributed by atoms with Crippen molar-refractivity contribution in [1.29, 1.82) is 0 Å². The van der Waals surface area contributed by atoms with Gasteiger partial charge in [0.1, 0.15) is 23.7 Å². The number of hydrogen-bond donors (Lipinski definition) is 2. The molecule has 1 aliphatic heterocycles. The number of nitrogens with one attached hydrogen (secondary N) is 2. The van der Waals surface area contributed by atoms with Crippen molar-refractivity contribution >= 4 is 44.6 Å². The second-order valence-corrected chi connectivity index (χ2v) is 9.95. The van der Waals surface area contributed by atoms with E-state index in [-0.39, 0.29) is 34.9 Å². The predicted octanol–water partition coefficient (Wildman–Crippen LogP) is 3.67. The maximum Gasteiger partial charge on any atom is 0.227 e. The van der Waals surface area contributed by atoms with Gasteiger partial charge in [-0.15, -0.1) is 0 Å². The van der Waals surface area contributed by atoms with E-state index in [2.05, 4.69) is 20.5 Å². The van der Waals surface area contributed by atoms with Crippen LogP contribution in [0.5, 0.6) is 5.75 Å². The minimum absolute atomic E-state index is 0.129. The second kappa shape index (κ2) is 8.86. The first kappa shape index (κ1) is 21.6.